The van der Waals surface area contributed by atoms with Gasteiger partial charge in [-0.2, -0.15) is 13.2 Å². The molecule has 0 spiro atoms. The SMILES string of the molecule is CCNC(=NCC1CCN(c2ccccc2)C1)NC1CCN(CC(F)(F)F)C1. The van der Waals surface area contributed by atoms with Crippen molar-refractivity contribution in [3.8, 4) is 0 Å². The molecule has 2 aliphatic rings. The maximum atomic E-state index is 12.6. The highest BCUT2D eigenvalue weighted by atomic mass is 19.4. The van der Waals surface area contributed by atoms with E-state index in [1.165, 1.54) is 10.6 Å². The van der Waals surface area contributed by atoms with Crippen LogP contribution in [0.3, 0.4) is 0 Å². The van der Waals surface area contributed by atoms with Crippen LogP contribution < -0.4 is 15.5 Å². The van der Waals surface area contributed by atoms with Gasteiger partial charge in [0.2, 0.25) is 0 Å². The summed E-state index contributed by atoms with van der Waals surface area (Å²) in [6.45, 7) is 5.48. The summed E-state index contributed by atoms with van der Waals surface area (Å²) in [5.41, 5.74) is 1.25. The van der Waals surface area contributed by atoms with Gasteiger partial charge in [0.15, 0.2) is 5.96 Å². The van der Waals surface area contributed by atoms with Crippen molar-refractivity contribution < 1.29 is 13.2 Å². The number of likely N-dealkylation sites (tertiary alicyclic amines) is 1. The molecule has 1 aromatic carbocycles. The van der Waals surface area contributed by atoms with E-state index in [1.807, 2.05) is 13.0 Å². The van der Waals surface area contributed by atoms with Gasteiger partial charge in [-0.1, -0.05) is 18.2 Å². The first-order valence-corrected chi connectivity index (χ1v) is 10.1. The summed E-state index contributed by atoms with van der Waals surface area (Å²) >= 11 is 0. The van der Waals surface area contributed by atoms with E-state index in [4.69, 9.17) is 4.99 Å². The van der Waals surface area contributed by atoms with Gasteiger partial charge in [0, 0.05) is 51.0 Å². The fraction of sp³-hybridized carbons (Fsp3) is 0.650. The van der Waals surface area contributed by atoms with Crippen molar-refractivity contribution in [3.63, 3.8) is 0 Å². The van der Waals surface area contributed by atoms with E-state index < -0.39 is 12.7 Å². The number of hydrogen-bond acceptors (Lipinski definition) is 3. The minimum Gasteiger partial charge on any atom is -0.371 e. The number of para-hydroxylation sites is 1. The Labute approximate surface area is 165 Å². The van der Waals surface area contributed by atoms with E-state index >= 15 is 0 Å². The molecular formula is C20H30F3N5. The summed E-state index contributed by atoms with van der Waals surface area (Å²) in [6.07, 6.45) is -2.34. The van der Waals surface area contributed by atoms with Crippen molar-refractivity contribution in [2.24, 2.45) is 10.9 Å². The van der Waals surface area contributed by atoms with Gasteiger partial charge in [0.05, 0.1) is 6.54 Å². The molecular weight excluding hydrogens is 367 g/mol. The predicted molar refractivity (Wildman–Crippen MR) is 107 cm³/mol. The zero-order chi connectivity index (χ0) is 20.0. The molecule has 0 bridgehead atoms. The number of alkyl halides is 3. The number of benzene rings is 1. The highest BCUT2D eigenvalue weighted by Gasteiger charge is 2.34. The molecule has 0 saturated carbocycles. The molecule has 2 fully saturated rings. The first kappa shape index (κ1) is 20.8. The minimum absolute atomic E-state index is 0.00421. The standard InChI is InChI=1S/C20H30F3N5/c1-2-24-19(26-17-9-10-27(14-17)15-20(21,22)23)25-12-16-8-11-28(13-16)18-6-4-3-5-7-18/h3-7,16-17H,2,8-15H2,1H3,(H2,24,25,26). The fourth-order valence-electron chi connectivity index (χ4n) is 3.94. The Morgan fingerprint density at radius 3 is 2.64 bits per heavy atom. The molecule has 2 unspecified atom stereocenters. The van der Waals surface area contributed by atoms with Crippen LogP contribution in [0.25, 0.3) is 0 Å². The quantitative estimate of drug-likeness (QED) is 0.572. The maximum Gasteiger partial charge on any atom is 0.401 e. The lowest BCUT2D eigenvalue weighted by molar-refractivity contribution is -0.143. The van der Waals surface area contributed by atoms with Gasteiger partial charge < -0.3 is 15.5 Å². The number of nitrogens with zero attached hydrogens (tertiary/aromatic N) is 3. The van der Waals surface area contributed by atoms with Gasteiger partial charge in [0.25, 0.3) is 0 Å². The van der Waals surface area contributed by atoms with Crippen LogP contribution in [0, 0.1) is 5.92 Å². The van der Waals surface area contributed by atoms with Crippen LogP contribution in [0.5, 0.6) is 0 Å². The van der Waals surface area contributed by atoms with Gasteiger partial charge in [0.1, 0.15) is 0 Å². The number of guanidine groups is 1. The fourth-order valence-corrected chi connectivity index (χ4v) is 3.94. The second-order valence-corrected chi connectivity index (χ2v) is 7.64. The molecule has 0 amide bonds. The Kier molecular flexibility index (Phi) is 7.04. The molecule has 8 heteroatoms. The first-order valence-electron chi connectivity index (χ1n) is 10.1. The molecule has 2 heterocycles. The average molecular weight is 397 g/mol. The third kappa shape index (κ3) is 6.29. The van der Waals surface area contributed by atoms with Gasteiger partial charge in [-0.05, 0) is 37.8 Å². The monoisotopic (exact) mass is 397 g/mol. The second-order valence-electron chi connectivity index (χ2n) is 7.64. The third-order valence-corrected chi connectivity index (χ3v) is 5.28. The van der Waals surface area contributed by atoms with E-state index in [9.17, 15) is 13.2 Å². The number of nitrogens with one attached hydrogen (secondary N) is 2. The normalized spacial score (nSPS) is 24.0. The lowest BCUT2D eigenvalue weighted by Crippen LogP contribution is -2.45. The van der Waals surface area contributed by atoms with Crippen LogP contribution in [0.2, 0.25) is 0 Å². The molecule has 2 N–H and O–H groups in total. The van der Waals surface area contributed by atoms with E-state index in [2.05, 4.69) is 39.8 Å². The van der Waals surface area contributed by atoms with Gasteiger partial charge in [-0.15, -0.1) is 0 Å². The molecule has 3 rings (SSSR count). The molecule has 28 heavy (non-hydrogen) atoms. The molecule has 0 aromatic heterocycles. The van der Waals surface area contributed by atoms with Crippen LogP contribution >= 0.6 is 0 Å². The topological polar surface area (TPSA) is 42.9 Å². The molecule has 0 radical (unpaired) electrons. The summed E-state index contributed by atoms with van der Waals surface area (Å²) in [4.78, 5) is 8.55. The molecule has 1 aromatic rings. The summed E-state index contributed by atoms with van der Waals surface area (Å²) < 4.78 is 37.7. The summed E-state index contributed by atoms with van der Waals surface area (Å²) in [6, 6.07) is 10.4. The number of rotatable bonds is 6. The molecule has 2 saturated heterocycles. The Hall–Kier alpha value is -1.96. The van der Waals surface area contributed by atoms with Crippen LogP contribution in [0.4, 0.5) is 18.9 Å². The largest absolute Gasteiger partial charge is 0.401 e. The molecule has 2 atom stereocenters. The van der Waals surface area contributed by atoms with Gasteiger partial charge in [-0.3, -0.25) is 9.89 Å². The van der Waals surface area contributed by atoms with E-state index in [-0.39, 0.29) is 6.04 Å². The highest BCUT2D eigenvalue weighted by Crippen LogP contribution is 2.23. The van der Waals surface area contributed by atoms with Crippen LogP contribution in [0.15, 0.2) is 35.3 Å². The number of hydrogen-bond donors (Lipinski definition) is 2. The average Bonchev–Trinajstić information content (AvgIpc) is 3.29. The lowest BCUT2D eigenvalue weighted by atomic mass is 10.1. The summed E-state index contributed by atoms with van der Waals surface area (Å²) in [5.74, 6) is 1.19. The second kappa shape index (κ2) is 9.49. The maximum absolute atomic E-state index is 12.6. The summed E-state index contributed by atoms with van der Waals surface area (Å²) in [5, 5.41) is 6.54. The molecule has 2 aliphatic heterocycles. The number of aliphatic imine (C=N–C) groups is 1. The smallest absolute Gasteiger partial charge is 0.371 e. The zero-order valence-corrected chi connectivity index (χ0v) is 16.4. The lowest BCUT2D eigenvalue weighted by Gasteiger charge is -2.20. The Morgan fingerprint density at radius 1 is 1.14 bits per heavy atom. The van der Waals surface area contributed by atoms with Crippen LogP contribution in [-0.4, -0.2) is 68.9 Å². The third-order valence-electron chi connectivity index (χ3n) is 5.28. The zero-order valence-electron chi connectivity index (χ0n) is 16.4. The minimum atomic E-state index is -4.14. The van der Waals surface area contributed by atoms with Crippen molar-refractivity contribution in [2.45, 2.75) is 32.0 Å². The Morgan fingerprint density at radius 2 is 1.93 bits per heavy atom. The Bertz CT molecular complexity index is 634. The van der Waals surface area contributed by atoms with E-state index in [0.29, 0.717) is 31.4 Å². The van der Waals surface area contributed by atoms with Gasteiger partial charge in [-0.25, -0.2) is 0 Å². The van der Waals surface area contributed by atoms with Crippen molar-refractivity contribution in [1.82, 2.24) is 15.5 Å². The first-order chi connectivity index (χ1) is 13.4. The molecule has 156 valence electrons. The van der Waals surface area contributed by atoms with Crippen molar-refractivity contribution in [2.75, 3.05) is 50.7 Å². The van der Waals surface area contributed by atoms with Crippen molar-refractivity contribution in [1.29, 1.82) is 0 Å². The van der Waals surface area contributed by atoms with E-state index in [0.717, 1.165) is 32.6 Å². The van der Waals surface area contributed by atoms with Crippen molar-refractivity contribution in [3.05, 3.63) is 30.3 Å². The number of anilines is 1. The number of halogens is 3. The van der Waals surface area contributed by atoms with Crippen molar-refractivity contribution >= 4 is 11.6 Å². The highest BCUT2D eigenvalue weighted by molar-refractivity contribution is 5.80. The van der Waals surface area contributed by atoms with E-state index in [1.54, 1.807) is 0 Å². The molecule has 5 nitrogen and oxygen atoms in total. The molecule has 0 aliphatic carbocycles. The predicted octanol–water partition coefficient (Wildman–Crippen LogP) is 2.70. The Balaban J connectivity index is 1.48. The van der Waals surface area contributed by atoms with Crippen LogP contribution in [-0.2, 0) is 0 Å². The van der Waals surface area contributed by atoms with Crippen LogP contribution in [0.1, 0.15) is 19.8 Å². The summed E-state index contributed by atoms with van der Waals surface area (Å²) in [7, 11) is 0. The van der Waals surface area contributed by atoms with Gasteiger partial charge >= 0.3 is 6.18 Å².